The highest BCUT2D eigenvalue weighted by Crippen LogP contribution is 2.25. The molecule has 18 heavy (non-hydrogen) atoms. The summed E-state index contributed by atoms with van der Waals surface area (Å²) in [6.45, 7) is 7.44. The highest BCUT2D eigenvalue weighted by Gasteiger charge is 2.10. The van der Waals surface area contributed by atoms with E-state index in [2.05, 4.69) is 29.5 Å². The van der Waals surface area contributed by atoms with Crippen molar-refractivity contribution in [1.82, 2.24) is 4.98 Å². The van der Waals surface area contributed by atoms with E-state index in [4.69, 9.17) is 0 Å². The van der Waals surface area contributed by atoms with Crippen LogP contribution < -0.4 is 4.90 Å². The van der Waals surface area contributed by atoms with Gasteiger partial charge in [0.05, 0.1) is 12.3 Å². The van der Waals surface area contributed by atoms with Crippen LogP contribution in [0.3, 0.4) is 0 Å². The van der Waals surface area contributed by atoms with Gasteiger partial charge in [-0.25, -0.2) is 4.98 Å². The number of aliphatic hydroxyl groups is 1. The largest absolute Gasteiger partial charge is 0.390 e. The molecule has 1 N–H and O–H groups in total. The SMILES string of the molecule is C=CCN(CC)c1nc(CO)cc2ccccc12. The van der Waals surface area contributed by atoms with Gasteiger partial charge >= 0.3 is 0 Å². The molecule has 3 nitrogen and oxygen atoms in total. The van der Waals surface area contributed by atoms with E-state index in [1.54, 1.807) is 0 Å². The van der Waals surface area contributed by atoms with Crippen LogP contribution in [-0.2, 0) is 6.61 Å². The third-order valence-electron chi connectivity index (χ3n) is 2.97. The summed E-state index contributed by atoms with van der Waals surface area (Å²) in [4.78, 5) is 6.68. The molecular weight excluding hydrogens is 224 g/mol. The number of likely N-dealkylation sites (N-methyl/N-ethyl adjacent to an activating group) is 1. The Kier molecular flexibility index (Phi) is 3.95. The molecule has 2 rings (SSSR count). The summed E-state index contributed by atoms with van der Waals surface area (Å²) in [5, 5.41) is 11.5. The number of anilines is 1. The average molecular weight is 242 g/mol. The van der Waals surface area contributed by atoms with Gasteiger partial charge in [-0.2, -0.15) is 0 Å². The Balaban J connectivity index is 2.62. The van der Waals surface area contributed by atoms with Gasteiger partial charge in [-0.05, 0) is 18.4 Å². The van der Waals surface area contributed by atoms with Gasteiger partial charge in [0.25, 0.3) is 0 Å². The minimum Gasteiger partial charge on any atom is -0.390 e. The van der Waals surface area contributed by atoms with Crippen LogP contribution in [0.5, 0.6) is 0 Å². The number of benzene rings is 1. The molecule has 0 aliphatic carbocycles. The number of pyridine rings is 1. The van der Waals surface area contributed by atoms with E-state index in [9.17, 15) is 5.11 Å². The Morgan fingerprint density at radius 2 is 2.17 bits per heavy atom. The first-order valence-electron chi connectivity index (χ1n) is 6.15. The number of fused-ring (bicyclic) bond motifs is 1. The third-order valence-corrected chi connectivity index (χ3v) is 2.97. The van der Waals surface area contributed by atoms with E-state index in [0.717, 1.165) is 29.7 Å². The van der Waals surface area contributed by atoms with Crippen molar-refractivity contribution in [2.45, 2.75) is 13.5 Å². The van der Waals surface area contributed by atoms with Gasteiger partial charge in [0, 0.05) is 18.5 Å². The van der Waals surface area contributed by atoms with Gasteiger partial charge in [-0.1, -0.05) is 30.3 Å². The maximum Gasteiger partial charge on any atom is 0.137 e. The highest BCUT2D eigenvalue weighted by molar-refractivity contribution is 5.92. The second-order valence-electron chi connectivity index (χ2n) is 4.14. The topological polar surface area (TPSA) is 36.4 Å². The summed E-state index contributed by atoms with van der Waals surface area (Å²) in [6, 6.07) is 10.0. The average Bonchev–Trinajstić information content (AvgIpc) is 2.43. The molecule has 0 saturated heterocycles. The molecule has 0 bridgehead atoms. The van der Waals surface area contributed by atoms with E-state index in [1.807, 2.05) is 30.3 Å². The van der Waals surface area contributed by atoms with Crippen LogP contribution in [0.15, 0.2) is 43.0 Å². The van der Waals surface area contributed by atoms with Crippen LogP contribution >= 0.6 is 0 Å². The summed E-state index contributed by atoms with van der Waals surface area (Å²) in [5.41, 5.74) is 0.700. The molecule has 1 heterocycles. The molecule has 0 aliphatic rings. The fourth-order valence-corrected chi connectivity index (χ4v) is 2.08. The lowest BCUT2D eigenvalue weighted by molar-refractivity contribution is 0.277. The Morgan fingerprint density at radius 3 is 2.83 bits per heavy atom. The predicted octanol–water partition coefficient (Wildman–Crippen LogP) is 2.74. The molecule has 1 aromatic heterocycles. The van der Waals surface area contributed by atoms with Gasteiger partial charge in [0.2, 0.25) is 0 Å². The fraction of sp³-hybridized carbons (Fsp3) is 0.267. The second-order valence-corrected chi connectivity index (χ2v) is 4.14. The molecule has 0 saturated carbocycles. The Morgan fingerprint density at radius 1 is 1.39 bits per heavy atom. The Labute approximate surface area is 107 Å². The number of aliphatic hydroxyl groups excluding tert-OH is 1. The van der Waals surface area contributed by atoms with E-state index in [0.29, 0.717) is 5.69 Å². The number of aromatic nitrogens is 1. The van der Waals surface area contributed by atoms with Gasteiger partial charge in [-0.3, -0.25) is 0 Å². The molecular formula is C15H18N2O. The van der Waals surface area contributed by atoms with Gasteiger partial charge < -0.3 is 10.0 Å². The predicted molar refractivity (Wildman–Crippen MR) is 75.7 cm³/mol. The number of nitrogens with zero attached hydrogens (tertiary/aromatic N) is 2. The first kappa shape index (κ1) is 12.6. The number of hydrogen-bond donors (Lipinski definition) is 1. The number of rotatable bonds is 5. The van der Waals surface area contributed by atoms with E-state index < -0.39 is 0 Å². The zero-order valence-electron chi connectivity index (χ0n) is 10.6. The molecule has 3 heteroatoms. The summed E-state index contributed by atoms with van der Waals surface area (Å²) in [6.07, 6.45) is 1.87. The van der Waals surface area contributed by atoms with Crippen molar-refractivity contribution >= 4 is 16.6 Å². The first-order valence-corrected chi connectivity index (χ1v) is 6.15. The minimum absolute atomic E-state index is 0.0382. The zero-order chi connectivity index (χ0) is 13.0. The third kappa shape index (κ3) is 2.36. The lowest BCUT2D eigenvalue weighted by atomic mass is 10.1. The van der Waals surface area contributed by atoms with Crippen LogP contribution in [0.4, 0.5) is 5.82 Å². The summed E-state index contributed by atoms with van der Waals surface area (Å²) < 4.78 is 0. The molecule has 1 aromatic carbocycles. The minimum atomic E-state index is -0.0382. The lowest BCUT2D eigenvalue weighted by Gasteiger charge is -2.22. The van der Waals surface area contributed by atoms with Gasteiger partial charge in [0.1, 0.15) is 5.82 Å². The Bertz CT molecular complexity index is 551. The molecule has 0 fully saturated rings. The van der Waals surface area contributed by atoms with Crippen LogP contribution in [0.2, 0.25) is 0 Å². The van der Waals surface area contributed by atoms with Crippen LogP contribution in [0.25, 0.3) is 10.8 Å². The monoisotopic (exact) mass is 242 g/mol. The lowest BCUT2D eigenvalue weighted by Crippen LogP contribution is -2.24. The summed E-state index contributed by atoms with van der Waals surface area (Å²) in [5.74, 6) is 0.916. The molecule has 0 unspecified atom stereocenters. The molecule has 0 spiro atoms. The molecule has 0 radical (unpaired) electrons. The van der Waals surface area contributed by atoms with Crippen molar-refractivity contribution in [2.75, 3.05) is 18.0 Å². The number of hydrogen-bond acceptors (Lipinski definition) is 3. The van der Waals surface area contributed by atoms with Crippen LogP contribution in [0, 0.1) is 0 Å². The maximum atomic E-state index is 9.30. The maximum absolute atomic E-state index is 9.30. The first-order chi connectivity index (χ1) is 8.80. The van der Waals surface area contributed by atoms with Gasteiger partial charge in [0.15, 0.2) is 0 Å². The molecule has 2 aromatic rings. The van der Waals surface area contributed by atoms with E-state index in [1.165, 1.54) is 0 Å². The van der Waals surface area contributed by atoms with Crippen molar-refractivity contribution < 1.29 is 5.11 Å². The van der Waals surface area contributed by atoms with E-state index in [-0.39, 0.29) is 6.61 Å². The van der Waals surface area contributed by atoms with Gasteiger partial charge in [-0.15, -0.1) is 6.58 Å². The quantitative estimate of drug-likeness (QED) is 0.819. The molecule has 94 valence electrons. The fourth-order valence-electron chi connectivity index (χ4n) is 2.08. The van der Waals surface area contributed by atoms with Crippen molar-refractivity contribution in [3.63, 3.8) is 0 Å². The van der Waals surface area contributed by atoms with Crippen LogP contribution in [0.1, 0.15) is 12.6 Å². The zero-order valence-corrected chi connectivity index (χ0v) is 10.6. The molecule has 0 aliphatic heterocycles. The normalized spacial score (nSPS) is 10.6. The van der Waals surface area contributed by atoms with Crippen molar-refractivity contribution in [3.8, 4) is 0 Å². The Hall–Kier alpha value is -1.87. The summed E-state index contributed by atoms with van der Waals surface area (Å²) >= 11 is 0. The molecule has 0 atom stereocenters. The van der Waals surface area contributed by atoms with Crippen molar-refractivity contribution in [2.24, 2.45) is 0 Å². The van der Waals surface area contributed by atoms with Crippen LogP contribution in [-0.4, -0.2) is 23.2 Å². The summed E-state index contributed by atoms with van der Waals surface area (Å²) in [7, 11) is 0. The van der Waals surface area contributed by atoms with E-state index >= 15 is 0 Å². The second kappa shape index (κ2) is 5.65. The van der Waals surface area contributed by atoms with Crippen molar-refractivity contribution in [3.05, 3.63) is 48.7 Å². The highest BCUT2D eigenvalue weighted by atomic mass is 16.3. The smallest absolute Gasteiger partial charge is 0.137 e. The molecule has 0 amide bonds. The van der Waals surface area contributed by atoms with Crippen molar-refractivity contribution in [1.29, 1.82) is 0 Å². The standard InChI is InChI=1S/C15H18N2O/c1-3-9-17(4-2)15-14-8-6-5-7-12(14)10-13(11-18)16-15/h3,5-8,10,18H,1,4,9,11H2,2H3.